The molecule has 0 saturated heterocycles. The highest BCUT2D eigenvalue weighted by molar-refractivity contribution is 5.79. The van der Waals surface area contributed by atoms with E-state index in [4.69, 9.17) is 15.7 Å². The van der Waals surface area contributed by atoms with Gasteiger partial charge < -0.3 is 21.0 Å². The van der Waals surface area contributed by atoms with Crippen molar-refractivity contribution in [1.29, 1.82) is 0 Å². The molecule has 90 valence electrons. The first-order valence-electron chi connectivity index (χ1n) is 5.33. The highest BCUT2D eigenvalue weighted by Gasteiger charge is 2.16. The highest BCUT2D eigenvalue weighted by atomic mass is 16.5. The second-order valence-electron chi connectivity index (χ2n) is 4.06. The lowest BCUT2D eigenvalue weighted by atomic mass is 10.1. The molecular weight excluding hydrogens is 194 g/mol. The Labute approximate surface area is 91.7 Å². The summed E-state index contributed by atoms with van der Waals surface area (Å²) in [4.78, 5) is 0. The van der Waals surface area contributed by atoms with Crippen LogP contribution in [0.1, 0.15) is 33.6 Å². The van der Waals surface area contributed by atoms with Gasteiger partial charge in [-0.3, -0.25) is 0 Å². The Bertz CT molecular complexity index is 193. The highest BCUT2D eigenvalue weighted by Crippen LogP contribution is 2.06. The number of nitrogens with one attached hydrogen (secondary N) is 1. The molecule has 0 aromatic heterocycles. The minimum atomic E-state index is -0.134. The summed E-state index contributed by atoms with van der Waals surface area (Å²) in [6.45, 7) is 8.45. The van der Waals surface area contributed by atoms with Gasteiger partial charge in [-0.1, -0.05) is 5.16 Å². The number of ether oxygens (including phenoxy) is 1. The summed E-state index contributed by atoms with van der Waals surface area (Å²) in [7, 11) is 0. The minimum Gasteiger partial charge on any atom is -0.409 e. The third-order valence-electron chi connectivity index (χ3n) is 2.00. The Morgan fingerprint density at radius 2 is 2.20 bits per heavy atom. The van der Waals surface area contributed by atoms with E-state index in [0.29, 0.717) is 6.42 Å². The lowest BCUT2D eigenvalue weighted by Gasteiger charge is -2.24. The number of nitrogens with two attached hydrogens (primary N) is 1. The van der Waals surface area contributed by atoms with Gasteiger partial charge in [-0.05, 0) is 33.7 Å². The molecule has 0 aliphatic heterocycles. The molecule has 0 rings (SSSR count). The van der Waals surface area contributed by atoms with Gasteiger partial charge in [-0.15, -0.1) is 0 Å². The van der Waals surface area contributed by atoms with Gasteiger partial charge in [0.2, 0.25) is 0 Å². The van der Waals surface area contributed by atoms with E-state index in [1.165, 1.54) is 0 Å². The first-order valence-corrected chi connectivity index (χ1v) is 5.33. The van der Waals surface area contributed by atoms with Gasteiger partial charge in [0.1, 0.15) is 5.84 Å². The van der Waals surface area contributed by atoms with Crippen molar-refractivity contribution in [3.8, 4) is 0 Å². The Morgan fingerprint density at radius 3 is 2.73 bits per heavy atom. The third-order valence-corrected chi connectivity index (χ3v) is 2.00. The van der Waals surface area contributed by atoms with Crippen LogP contribution in [0, 0.1) is 0 Å². The molecule has 4 N–H and O–H groups in total. The number of hydrogen-bond donors (Lipinski definition) is 3. The van der Waals surface area contributed by atoms with E-state index in [1.54, 1.807) is 0 Å². The molecule has 0 aromatic rings. The fraction of sp³-hybridized carbons (Fsp3) is 0.900. The summed E-state index contributed by atoms with van der Waals surface area (Å²) in [6, 6.07) is 0. The fourth-order valence-electron chi connectivity index (χ4n) is 1.28. The summed E-state index contributed by atoms with van der Waals surface area (Å²) < 4.78 is 5.53. The monoisotopic (exact) mass is 217 g/mol. The topological polar surface area (TPSA) is 79.9 Å². The van der Waals surface area contributed by atoms with Gasteiger partial charge >= 0.3 is 0 Å². The Morgan fingerprint density at radius 1 is 1.53 bits per heavy atom. The molecule has 0 aliphatic rings. The molecule has 0 bridgehead atoms. The van der Waals surface area contributed by atoms with Crippen LogP contribution in [0.4, 0.5) is 0 Å². The summed E-state index contributed by atoms with van der Waals surface area (Å²) in [6.07, 6.45) is 1.47. The molecule has 0 heterocycles. The van der Waals surface area contributed by atoms with E-state index in [2.05, 4.69) is 10.5 Å². The van der Waals surface area contributed by atoms with Crippen LogP contribution in [-0.4, -0.2) is 36.3 Å². The van der Waals surface area contributed by atoms with Gasteiger partial charge in [0.05, 0.1) is 5.60 Å². The largest absolute Gasteiger partial charge is 0.409 e. The molecule has 5 nitrogen and oxygen atoms in total. The molecule has 15 heavy (non-hydrogen) atoms. The summed E-state index contributed by atoms with van der Waals surface area (Å²) in [5.41, 5.74) is 5.20. The average molecular weight is 217 g/mol. The minimum absolute atomic E-state index is 0.134. The molecule has 0 spiro atoms. The van der Waals surface area contributed by atoms with E-state index in [-0.39, 0.29) is 11.4 Å². The van der Waals surface area contributed by atoms with Crippen LogP contribution < -0.4 is 11.1 Å². The normalized spacial score (nSPS) is 13.1. The molecule has 0 aromatic carbocycles. The van der Waals surface area contributed by atoms with Crippen LogP contribution >= 0.6 is 0 Å². The van der Waals surface area contributed by atoms with Crippen LogP contribution in [-0.2, 0) is 4.74 Å². The molecule has 0 amide bonds. The summed E-state index contributed by atoms with van der Waals surface area (Å²) in [5.74, 6) is 0.279. The van der Waals surface area contributed by atoms with Gasteiger partial charge in [-0.2, -0.15) is 0 Å². The molecule has 0 saturated carbocycles. The van der Waals surface area contributed by atoms with E-state index >= 15 is 0 Å². The standard InChI is InChI=1S/C10H23N3O2/c1-4-15-10(2,3)8-12-7-5-6-9(11)13-14/h12,14H,4-8H2,1-3H3,(H2,11,13). The quantitative estimate of drug-likeness (QED) is 0.186. The van der Waals surface area contributed by atoms with Gasteiger partial charge in [0.25, 0.3) is 0 Å². The van der Waals surface area contributed by atoms with Crippen molar-refractivity contribution in [2.75, 3.05) is 19.7 Å². The van der Waals surface area contributed by atoms with Crippen molar-refractivity contribution in [3.05, 3.63) is 0 Å². The molecule has 0 aliphatic carbocycles. The van der Waals surface area contributed by atoms with Crippen LogP contribution in [0.15, 0.2) is 5.16 Å². The lowest BCUT2D eigenvalue weighted by Crippen LogP contribution is -2.38. The molecular formula is C10H23N3O2. The molecule has 0 atom stereocenters. The third kappa shape index (κ3) is 8.20. The van der Waals surface area contributed by atoms with E-state index < -0.39 is 0 Å². The Hall–Kier alpha value is -0.810. The maximum atomic E-state index is 8.31. The summed E-state index contributed by atoms with van der Waals surface area (Å²) in [5, 5.41) is 14.5. The predicted molar refractivity (Wildman–Crippen MR) is 61.2 cm³/mol. The predicted octanol–water partition coefficient (Wildman–Crippen LogP) is 0.918. The van der Waals surface area contributed by atoms with E-state index in [0.717, 1.165) is 26.1 Å². The van der Waals surface area contributed by atoms with Crippen molar-refractivity contribution in [2.45, 2.75) is 39.2 Å². The van der Waals surface area contributed by atoms with E-state index in [1.807, 2.05) is 20.8 Å². The van der Waals surface area contributed by atoms with Crippen LogP contribution in [0.25, 0.3) is 0 Å². The molecule has 0 fully saturated rings. The van der Waals surface area contributed by atoms with Crippen molar-refractivity contribution in [2.24, 2.45) is 10.9 Å². The van der Waals surface area contributed by atoms with Crippen LogP contribution in [0.3, 0.4) is 0 Å². The zero-order valence-corrected chi connectivity index (χ0v) is 9.92. The second-order valence-corrected chi connectivity index (χ2v) is 4.06. The number of rotatable bonds is 8. The number of oxime groups is 1. The van der Waals surface area contributed by atoms with Gasteiger partial charge in [0.15, 0.2) is 0 Å². The Kier molecular flexibility index (Phi) is 7.07. The number of nitrogens with zero attached hydrogens (tertiary/aromatic N) is 1. The zero-order valence-electron chi connectivity index (χ0n) is 9.92. The molecule has 0 unspecified atom stereocenters. The van der Waals surface area contributed by atoms with Crippen molar-refractivity contribution in [3.63, 3.8) is 0 Å². The maximum absolute atomic E-state index is 8.31. The van der Waals surface area contributed by atoms with Gasteiger partial charge in [-0.25, -0.2) is 0 Å². The number of hydrogen-bond acceptors (Lipinski definition) is 4. The lowest BCUT2D eigenvalue weighted by molar-refractivity contribution is -0.00863. The van der Waals surface area contributed by atoms with Crippen LogP contribution in [0.5, 0.6) is 0 Å². The maximum Gasteiger partial charge on any atom is 0.139 e. The van der Waals surface area contributed by atoms with E-state index in [9.17, 15) is 0 Å². The first-order chi connectivity index (χ1) is 7.02. The summed E-state index contributed by atoms with van der Waals surface area (Å²) >= 11 is 0. The molecule has 0 radical (unpaired) electrons. The Balaban J connectivity index is 3.46. The average Bonchev–Trinajstić information content (AvgIpc) is 2.16. The van der Waals surface area contributed by atoms with Gasteiger partial charge in [0, 0.05) is 19.6 Å². The van der Waals surface area contributed by atoms with Crippen molar-refractivity contribution < 1.29 is 9.94 Å². The molecule has 5 heteroatoms. The van der Waals surface area contributed by atoms with Crippen molar-refractivity contribution in [1.82, 2.24) is 5.32 Å². The first kappa shape index (κ1) is 14.2. The fourth-order valence-corrected chi connectivity index (χ4v) is 1.28. The number of amidine groups is 1. The van der Waals surface area contributed by atoms with Crippen molar-refractivity contribution >= 4 is 5.84 Å². The van der Waals surface area contributed by atoms with Crippen LogP contribution in [0.2, 0.25) is 0 Å². The SMILES string of the molecule is CCOC(C)(C)CNCCCC(N)=NO. The smallest absolute Gasteiger partial charge is 0.139 e. The zero-order chi connectivity index (χ0) is 11.7. The second kappa shape index (κ2) is 7.48.